The molecule has 0 aliphatic rings. The lowest BCUT2D eigenvalue weighted by atomic mass is 10.3. The van der Waals surface area contributed by atoms with E-state index in [1.165, 1.54) is 11.7 Å². The molecule has 0 aliphatic heterocycles. The van der Waals surface area contributed by atoms with Crippen molar-refractivity contribution in [1.82, 2.24) is 5.16 Å². The van der Waals surface area contributed by atoms with Crippen molar-refractivity contribution in [1.29, 1.82) is 0 Å². The molecule has 6 heteroatoms. The van der Waals surface area contributed by atoms with E-state index < -0.39 is 9.84 Å². The van der Waals surface area contributed by atoms with Gasteiger partial charge in [-0.3, -0.25) is 0 Å². The number of rotatable bonds is 4. The lowest BCUT2D eigenvalue weighted by Gasteiger charge is -2.02. The van der Waals surface area contributed by atoms with E-state index in [2.05, 4.69) is 5.16 Å². The van der Waals surface area contributed by atoms with Gasteiger partial charge in [-0.1, -0.05) is 16.8 Å². The van der Waals surface area contributed by atoms with Crippen LogP contribution in [0.2, 0.25) is 0 Å². The van der Waals surface area contributed by atoms with Gasteiger partial charge in [0.05, 0.1) is 17.7 Å². The molecule has 0 N–H and O–H groups in total. The predicted octanol–water partition coefficient (Wildman–Crippen LogP) is 2.04. The van der Waals surface area contributed by atoms with E-state index in [4.69, 9.17) is 16.1 Å². The van der Waals surface area contributed by atoms with Crippen molar-refractivity contribution in [2.45, 2.75) is 19.6 Å². The Labute approximate surface area is 93.8 Å². The summed E-state index contributed by atoms with van der Waals surface area (Å²) >= 11 is 5.41. The van der Waals surface area contributed by atoms with Crippen LogP contribution in [0.4, 0.5) is 0 Å². The monoisotopic (exact) mass is 249 g/mol. The summed E-state index contributed by atoms with van der Waals surface area (Å²) in [4.78, 5) is 0. The molecule has 0 spiro atoms. The van der Waals surface area contributed by atoms with E-state index in [-0.39, 0.29) is 11.5 Å². The topological polar surface area (TPSA) is 60.2 Å². The molecule has 0 atom stereocenters. The van der Waals surface area contributed by atoms with Crippen LogP contribution in [0.15, 0.2) is 21.8 Å². The molecule has 15 heavy (non-hydrogen) atoms. The Bertz CT molecular complexity index is 461. The fourth-order valence-electron chi connectivity index (χ4n) is 1.12. The summed E-state index contributed by atoms with van der Waals surface area (Å²) in [6, 6.07) is 0. The molecule has 84 valence electrons. The van der Waals surface area contributed by atoms with Crippen LogP contribution in [-0.4, -0.2) is 19.3 Å². The van der Waals surface area contributed by atoms with Crippen LogP contribution in [0, 0.1) is 6.92 Å². The lowest BCUT2D eigenvalue weighted by molar-refractivity contribution is 0.396. The number of hydrogen-bond donors (Lipinski definition) is 0. The molecule has 0 radical (unpaired) electrons. The van der Waals surface area contributed by atoms with Crippen LogP contribution in [0.5, 0.6) is 0 Å². The van der Waals surface area contributed by atoms with Crippen LogP contribution in [-0.2, 0) is 15.6 Å². The molecule has 0 unspecified atom stereocenters. The molecule has 0 amide bonds. The fraction of sp³-hybridized carbons (Fsp3) is 0.444. The maximum atomic E-state index is 11.7. The predicted molar refractivity (Wildman–Crippen MR) is 58.3 cm³/mol. The van der Waals surface area contributed by atoms with E-state index in [9.17, 15) is 8.42 Å². The Morgan fingerprint density at radius 2 is 2.33 bits per heavy atom. The summed E-state index contributed by atoms with van der Waals surface area (Å²) in [5, 5.41) is 3.53. The van der Waals surface area contributed by atoms with Gasteiger partial charge >= 0.3 is 0 Å². The third-order valence-corrected chi connectivity index (χ3v) is 3.88. The van der Waals surface area contributed by atoms with Crippen molar-refractivity contribution < 1.29 is 12.9 Å². The summed E-state index contributed by atoms with van der Waals surface area (Å²) in [7, 11) is -3.19. The average molecular weight is 250 g/mol. The minimum Gasteiger partial charge on any atom is -0.361 e. The summed E-state index contributed by atoms with van der Waals surface area (Å²) in [6.07, 6.45) is 1.42. The van der Waals surface area contributed by atoms with Gasteiger partial charge in [0.15, 0.2) is 9.84 Å². The highest BCUT2D eigenvalue weighted by Crippen LogP contribution is 2.13. The van der Waals surface area contributed by atoms with Gasteiger partial charge in [0.2, 0.25) is 0 Å². The highest BCUT2D eigenvalue weighted by molar-refractivity contribution is 7.90. The molecular weight excluding hydrogens is 238 g/mol. The Kier molecular flexibility index (Phi) is 3.93. The van der Waals surface area contributed by atoms with Crippen molar-refractivity contribution in [3.63, 3.8) is 0 Å². The second kappa shape index (κ2) is 4.81. The van der Waals surface area contributed by atoms with Crippen LogP contribution in [0.25, 0.3) is 0 Å². The number of sulfone groups is 1. The van der Waals surface area contributed by atoms with Crippen molar-refractivity contribution in [2.24, 2.45) is 0 Å². The summed E-state index contributed by atoms with van der Waals surface area (Å²) in [5.41, 5.74) is 2.49. The molecule has 0 fully saturated rings. The second-order valence-electron chi connectivity index (χ2n) is 3.39. The van der Waals surface area contributed by atoms with E-state index in [1.54, 1.807) is 13.8 Å². The van der Waals surface area contributed by atoms with E-state index >= 15 is 0 Å². The number of hydrogen-bond acceptors (Lipinski definition) is 4. The first-order valence-electron chi connectivity index (χ1n) is 4.31. The first kappa shape index (κ1) is 12.3. The summed E-state index contributed by atoms with van der Waals surface area (Å²) in [5.74, 6) is 0.428. The molecule has 1 aromatic rings. The van der Waals surface area contributed by atoms with Crippen LogP contribution in [0.3, 0.4) is 0 Å². The SMILES string of the molecule is C/C(=C\Cl)CS(=O)(=O)Cc1cnoc1C. The van der Waals surface area contributed by atoms with Gasteiger partial charge in [-0.25, -0.2) is 8.42 Å². The zero-order valence-corrected chi connectivity index (χ0v) is 10.1. The number of nitrogens with zero attached hydrogens (tertiary/aromatic N) is 1. The van der Waals surface area contributed by atoms with E-state index in [0.717, 1.165) is 0 Å². The number of halogens is 1. The largest absolute Gasteiger partial charge is 0.361 e. The van der Waals surface area contributed by atoms with Gasteiger partial charge in [-0.2, -0.15) is 0 Å². The fourth-order valence-corrected chi connectivity index (χ4v) is 2.92. The van der Waals surface area contributed by atoms with Crippen LogP contribution < -0.4 is 0 Å². The maximum Gasteiger partial charge on any atom is 0.158 e. The standard InChI is InChI=1S/C9H12ClNO3S/c1-7(3-10)5-15(12,13)6-9-4-11-14-8(9)2/h3-4H,5-6H2,1-2H3/b7-3+. The Morgan fingerprint density at radius 3 is 2.80 bits per heavy atom. The first-order valence-corrected chi connectivity index (χ1v) is 6.57. The van der Waals surface area contributed by atoms with Gasteiger partial charge in [0.1, 0.15) is 5.76 Å². The zero-order chi connectivity index (χ0) is 11.5. The quantitative estimate of drug-likeness (QED) is 0.819. The molecule has 0 saturated heterocycles. The molecule has 0 aliphatic carbocycles. The van der Waals surface area contributed by atoms with Gasteiger partial charge in [0.25, 0.3) is 0 Å². The summed E-state index contributed by atoms with van der Waals surface area (Å²) in [6.45, 7) is 3.35. The second-order valence-corrected chi connectivity index (χ2v) is 5.68. The molecule has 1 aromatic heterocycles. The number of aryl methyl sites for hydroxylation is 1. The molecule has 1 heterocycles. The normalized spacial score (nSPS) is 13.1. The van der Waals surface area contributed by atoms with Gasteiger partial charge in [-0.05, 0) is 19.4 Å². The van der Waals surface area contributed by atoms with Crippen molar-refractivity contribution in [3.05, 3.63) is 28.6 Å². The molecular formula is C9H12ClNO3S. The Hall–Kier alpha value is -0.810. The van der Waals surface area contributed by atoms with Gasteiger partial charge in [0, 0.05) is 11.1 Å². The Morgan fingerprint density at radius 1 is 1.67 bits per heavy atom. The third kappa shape index (κ3) is 3.68. The first-order chi connectivity index (χ1) is 6.94. The molecule has 0 aromatic carbocycles. The van der Waals surface area contributed by atoms with E-state index in [0.29, 0.717) is 16.9 Å². The third-order valence-electron chi connectivity index (χ3n) is 1.86. The van der Waals surface area contributed by atoms with E-state index in [1.807, 2.05) is 0 Å². The smallest absolute Gasteiger partial charge is 0.158 e. The molecule has 4 nitrogen and oxygen atoms in total. The molecule has 0 bridgehead atoms. The number of aromatic nitrogens is 1. The molecule has 0 saturated carbocycles. The molecule has 1 rings (SSSR count). The van der Waals surface area contributed by atoms with Crippen molar-refractivity contribution in [3.8, 4) is 0 Å². The maximum absolute atomic E-state index is 11.7. The summed E-state index contributed by atoms with van der Waals surface area (Å²) < 4.78 is 28.1. The highest BCUT2D eigenvalue weighted by atomic mass is 35.5. The average Bonchev–Trinajstić information content (AvgIpc) is 2.50. The van der Waals surface area contributed by atoms with Crippen LogP contribution in [0.1, 0.15) is 18.2 Å². The van der Waals surface area contributed by atoms with Gasteiger partial charge in [-0.15, -0.1) is 0 Å². The van der Waals surface area contributed by atoms with Crippen molar-refractivity contribution in [2.75, 3.05) is 5.75 Å². The van der Waals surface area contributed by atoms with Crippen molar-refractivity contribution >= 4 is 21.4 Å². The minimum atomic E-state index is -3.19. The van der Waals surface area contributed by atoms with Gasteiger partial charge < -0.3 is 4.52 Å². The highest BCUT2D eigenvalue weighted by Gasteiger charge is 2.16. The minimum absolute atomic E-state index is 0.0406. The zero-order valence-electron chi connectivity index (χ0n) is 8.53. The Balaban J connectivity index is 2.78. The lowest BCUT2D eigenvalue weighted by Crippen LogP contribution is -2.10. The van der Waals surface area contributed by atoms with Crippen LogP contribution >= 0.6 is 11.6 Å².